The van der Waals surface area contributed by atoms with Crippen LogP contribution in [0.4, 0.5) is 0 Å². The molecule has 1 aromatic rings. The van der Waals surface area contributed by atoms with Crippen LogP contribution in [0.2, 0.25) is 0 Å². The zero-order valence-corrected chi connectivity index (χ0v) is 11.9. The molecule has 0 spiro atoms. The third-order valence-electron chi connectivity index (χ3n) is 3.37. The zero-order valence-electron chi connectivity index (χ0n) is 11.9. The van der Waals surface area contributed by atoms with E-state index in [0.29, 0.717) is 30.2 Å². The molecular weight excluding hydrogens is 260 g/mol. The number of fused-ring (bicyclic) bond motifs is 1. The number of rotatable bonds is 7. The molecule has 2 atom stereocenters. The van der Waals surface area contributed by atoms with E-state index >= 15 is 0 Å². The molecule has 0 saturated heterocycles. The maximum Gasteiger partial charge on any atom is 0.231 e. The highest BCUT2D eigenvalue weighted by molar-refractivity contribution is 5.55. The van der Waals surface area contributed by atoms with Crippen LogP contribution in [0.5, 0.6) is 17.2 Å². The van der Waals surface area contributed by atoms with E-state index < -0.39 is 0 Å². The highest BCUT2D eigenvalue weighted by Crippen LogP contribution is 2.42. The molecule has 1 aliphatic heterocycles. The van der Waals surface area contributed by atoms with Gasteiger partial charge in [-0.15, -0.1) is 0 Å². The van der Waals surface area contributed by atoms with Gasteiger partial charge in [-0.2, -0.15) is 0 Å². The van der Waals surface area contributed by atoms with Crippen LogP contribution in [-0.4, -0.2) is 38.2 Å². The van der Waals surface area contributed by atoms with E-state index in [-0.39, 0.29) is 25.5 Å². The van der Waals surface area contributed by atoms with Gasteiger partial charge in [0.15, 0.2) is 11.5 Å². The zero-order chi connectivity index (χ0) is 14.5. The molecule has 6 nitrogen and oxygen atoms in total. The summed E-state index contributed by atoms with van der Waals surface area (Å²) in [6.07, 6.45) is 0.679. The Bertz CT molecular complexity index is 453. The SMILES string of the molecule is COc1cc(C(CN)NC(C)CCO)cc2c1OCO2. The quantitative estimate of drug-likeness (QED) is 0.685. The van der Waals surface area contributed by atoms with Crippen molar-refractivity contribution in [3.8, 4) is 17.2 Å². The molecule has 1 aromatic carbocycles. The lowest BCUT2D eigenvalue weighted by atomic mass is 10.0. The molecule has 0 fully saturated rings. The predicted octanol–water partition coefficient (Wildman–Crippen LogP) is 0.784. The van der Waals surface area contributed by atoms with Crippen molar-refractivity contribution in [2.24, 2.45) is 5.73 Å². The molecule has 4 N–H and O–H groups in total. The maximum atomic E-state index is 8.97. The summed E-state index contributed by atoms with van der Waals surface area (Å²) in [5.74, 6) is 1.95. The predicted molar refractivity (Wildman–Crippen MR) is 75.2 cm³/mol. The first-order valence-electron chi connectivity index (χ1n) is 6.74. The van der Waals surface area contributed by atoms with Crippen LogP contribution in [0, 0.1) is 0 Å². The first kappa shape index (κ1) is 14.9. The van der Waals surface area contributed by atoms with Crippen molar-refractivity contribution in [3.63, 3.8) is 0 Å². The van der Waals surface area contributed by atoms with Gasteiger partial charge in [0.1, 0.15) is 0 Å². The second kappa shape index (κ2) is 6.78. The molecule has 0 aliphatic carbocycles. The van der Waals surface area contributed by atoms with Crippen molar-refractivity contribution in [1.29, 1.82) is 0 Å². The lowest BCUT2D eigenvalue weighted by Crippen LogP contribution is -2.35. The number of hydrogen-bond donors (Lipinski definition) is 3. The highest BCUT2D eigenvalue weighted by atomic mass is 16.7. The highest BCUT2D eigenvalue weighted by Gasteiger charge is 2.23. The van der Waals surface area contributed by atoms with Gasteiger partial charge in [0, 0.05) is 25.2 Å². The molecule has 2 unspecified atom stereocenters. The van der Waals surface area contributed by atoms with Gasteiger partial charge in [-0.05, 0) is 31.0 Å². The molecule has 1 heterocycles. The summed E-state index contributed by atoms with van der Waals surface area (Å²) >= 11 is 0. The van der Waals surface area contributed by atoms with Crippen LogP contribution in [0.15, 0.2) is 12.1 Å². The molecule has 0 bridgehead atoms. The van der Waals surface area contributed by atoms with Gasteiger partial charge in [-0.25, -0.2) is 0 Å². The van der Waals surface area contributed by atoms with Gasteiger partial charge in [0.05, 0.1) is 7.11 Å². The Morgan fingerprint density at radius 3 is 2.90 bits per heavy atom. The second-order valence-corrected chi connectivity index (χ2v) is 4.83. The van der Waals surface area contributed by atoms with E-state index in [4.69, 9.17) is 25.1 Å². The van der Waals surface area contributed by atoms with Gasteiger partial charge in [0.25, 0.3) is 0 Å². The Labute approximate surface area is 118 Å². The number of benzene rings is 1. The molecular formula is C14H22N2O4. The minimum absolute atomic E-state index is 0.0278. The van der Waals surface area contributed by atoms with Gasteiger partial charge >= 0.3 is 0 Å². The fourth-order valence-corrected chi connectivity index (χ4v) is 2.27. The van der Waals surface area contributed by atoms with Crippen LogP contribution in [0.25, 0.3) is 0 Å². The average molecular weight is 282 g/mol. The first-order chi connectivity index (χ1) is 9.69. The Morgan fingerprint density at radius 2 is 2.25 bits per heavy atom. The minimum atomic E-state index is -0.0278. The van der Waals surface area contributed by atoms with E-state index in [1.807, 2.05) is 19.1 Å². The van der Waals surface area contributed by atoms with E-state index in [1.165, 1.54) is 0 Å². The second-order valence-electron chi connectivity index (χ2n) is 4.83. The van der Waals surface area contributed by atoms with E-state index in [0.717, 1.165) is 5.56 Å². The maximum absolute atomic E-state index is 8.97. The molecule has 0 amide bonds. The third kappa shape index (κ3) is 3.15. The molecule has 2 rings (SSSR count). The fourth-order valence-electron chi connectivity index (χ4n) is 2.27. The summed E-state index contributed by atoms with van der Waals surface area (Å²) in [6, 6.07) is 3.97. The minimum Gasteiger partial charge on any atom is -0.493 e. The molecule has 112 valence electrons. The van der Waals surface area contributed by atoms with E-state index in [1.54, 1.807) is 7.11 Å². The molecule has 0 aromatic heterocycles. The average Bonchev–Trinajstić information content (AvgIpc) is 2.92. The van der Waals surface area contributed by atoms with E-state index in [2.05, 4.69) is 5.32 Å². The van der Waals surface area contributed by atoms with Crippen LogP contribution >= 0.6 is 0 Å². The summed E-state index contributed by atoms with van der Waals surface area (Å²) in [4.78, 5) is 0. The standard InChI is InChI=1S/C14H22N2O4/c1-9(3-4-17)16-11(7-15)10-5-12(18-2)14-13(6-10)19-8-20-14/h5-6,9,11,16-17H,3-4,7-8,15H2,1-2H3. The molecule has 1 aliphatic rings. The van der Waals surface area contributed by atoms with Crippen molar-refractivity contribution in [2.75, 3.05) is 27.1 Å². The van der Waals surface area contributed by atoms with Gasteiger partial charge < -0.3 is 30.4 Å². The number of aliphatic hydroxyl groups excluding tert-OH is 1. The smallest absolute Gasteiger partial charge is 0.231 e. The first-order valence-corrected chi connectivity index (χ1v) is 6.74. The topological polar surface area (TPSA) is 86.0 Å². The largest absolute Gasteiger partial charge is 0.493 e. The van der Waals surface area contributed by atoms with Crippen molar-refractivity contribution < 1.29 is 19.3 Å². The van der Waals surface area contributed by atoms with Gasteiger partial charge in [-0.1, -0.05) is 0 Å². The number of nitrogens with one attached hydrogen (secondary N) is 1. The van der Waals surface area contributed by atoms with Crippen molar-refractivity contribution in [1.82, 2.24) is 5.32 Å². The third-order valence-corrected chi connectivity index (χ3v) is 3.37. The Morgan fingerprint density at radius 1 is 1.45 bits per heavy atom. The summed E-state index contributed by atoms with van der Waals surface area (Å²) < 4.78 is 16.1. The summed E-state index contributed by atoms with van der Waals surface area (Å²) in [6.45, 7) is 2.81. The molecule has 6 heteroatoms. The van der Waals surface area contributed by atoms with Crippen molar-refractivity contribution in [2.45, 2.75) is 25.4 Å². The number of aliphatic hydroxyl groups is 1. The summed E-state index contributed by atoms with van der Waals surface area (Å²) in [7, 11) is 1.60. The van der Waals surface area contributed by atoms with Crippen LogP contribution in [0.3, 0.4) is 0 Å². The van der Waals surface area contributed by atoms with Gasteiger partial charge in [-0.3, -0.25) is 0 Å². The Balaban J connectivity index is 2.21. The fraction of sp³-hybridized carbons (Fsp3) is 0.571. The lowest BCUT2D eigenvalue weighted by Gasteiger charge is -2.23. The number of ether oxygens (including phenoxy) is 3. The Kier molecular flexibility index (Phi) is 5.05. The Hall–Kier alpha value is -1.50. The number of hydrogen-bond acceptors (Lipinski definition) is 6. The number of methoxy groups -OCH3 is 1. The van der Waals surface area contributed by atoms with Crippen molar-refractivity contribution in [3.05, 3.63) is 17.7 Å². The molecule has 0 radical (unpaired) electrons. The van der Waals surface area contributed by atoms with Crippen LogP contribution < -0.4 is 25.3 Å². The molecule has 20 heavy (non-hydrogen) atoms. The molecule has 0 saturated carbocycles. The van der Waals surface area contributed by atoms with Crippen LogP contribution in [-0.2, 0) is 0 Å². The summed E-state index contributed by atoms with van der Waals surface area (Å²) in [5.41, 5.74) is 6.83. The van der Waals surface area contributed by atoms with Gasteiger partial charge in [0.2, 0.25) is 12.5 Å². The van der Waals surface area contributed by atoms with E-state index in [9.17, 15) is 0 Å². The monoisotopic (exact) mass is 282 g/mol. The number of nitrogens with two attached hydrogens (primary N) is 1. The summed E-state index contributed by atoms with van der Waals surface area (Å²) in [5, 5.41) is 12.4. The van der Waals surface area contributed by atoms with Crippen molar-refractivity contribution >= 4 is 0 Å². The van der Waals surface area contributed by atoms with Crippen LogP contribution in [0.1, 0.15) is 24.9 Å². The normalized spacial score (nSPS) is 16.0. The lowest BCUT2D eigenvalue weighted by molar-refractivity contribution is 0.171.